The first kappa shape index (κ1) is 15.4. The molecule has 0 radical (unpaired) electrons. The lowest BCUT2D eigenvalue weighted by Gasteiger charge is -2.13. The van der Waals surface area contributed by atoms with E-state index in [1.165, 1.54) is 6.07 Å². The molecule has 0 saturated heterocycles. The second-order valence-corrected chi connectivity index (χ2v) is 4.26. The molecule has 4 nitrogen and oxygen atoms in total. The average molecular weight is 276 g/mol. The van der Waals surface area contributed by atoms with Gasteiger partial charge in [0, 0.05) is 17.7 Å². The van der Waals surface area contributed by atoms with Crippen molar-refractivity contribution in [2.45, 2.75) is 32.5 Å². The molecule has 7 heteroatoms. The van der Waals surface area contributed by atoms with E-state index in [9.17, 15) is 23.3 Å². The third-order valence-corrected chi connectivity index (χ3v) is 2.69. The number of rotatable bonds is 5. The van der Waals surface area contributed by atoms with Crippen molar-refractivity contribution in [1.29, 1.82) is 0 Å². The zero-order valence-electron chi connectivity index (χ0n) is 10.6. The first-order valence-corrected chi connectivity index (χ1v) is 5.83. The SMILES string of the molecule is CCNC(C)Cc1ccc(C(F)(F)F)cc1[N+](=O)[O-]. The predicted octanol–water partition coefficient (Wildman–Crippen LogP) is 3.15. The Labute approximate surface area is 108 Å². The molecule has 0 aromatic heterocycles. The van der Waals surface area contributed by atoms with Crippen LogP contribution in [0.4, 0.5) is 18.9 Å². The van der Waals surface area contributed by atoms with Crippen LogP contribution < -0.4 is 5.32 Å². The van der Waals surface area contributed by atoms with Crippen molar-refractivity contribution in [2.75, 3.05) is 6.54 Å². The van der Waals surface area contributed by atoms with Gasteiger partial charge in [0.15, 0.2) is 0 Å². The van der Waals surface area contributed by atoms with Crippen LogP contribution in [-0.4, -0.2) is 17.5 Å². The number of nitro groups is 1. The quantitative estimate of drug-likeness (QED) is 0.664. The molecule has 1 rings (SSSR count). The Balaban J connectivity index is 3.09. The van der Waals surface area contributed by atoms with Crippen molar-refractivity contribution in [1.82, 2.24) is 5.32 Å². The van der Waals surface area contributed by atoms with Crippen molar-refractivity contribution in [3.8, 4) is 0 Å². The van der Waals surface area contributed by atoms with E-state index in [0.29, 0.717) is 24.6 Å². The molecule has 0 aliphatic heterocycles. The van der Waals surface area contributed by atoms with E-state index >= 15 is 0 Å². The maximum Gasteiger partial charge on any atom is 0.416 e. The van der Waals surface area contributed by atoms with Crippen molar-refractivity contribution in [2.24, 2.45) is 0 Å². The third-order valence-electron chi connectivity index (χ3n) is 2.69. The largest absolute Gasteiger partial charge is 0.416 e. The van der Waals surface area contributed by atoms with Crippen LogP contribution in [0.2, 0.25) is 0 Å². The van der Waals surface area contributed by atoms with Gasteiger partial charge >= 0.3 is 6.18 Å². The fraction of sp³-hybridized carbons (Fsp3) is 0.500. The lowest BCUT2D eigenvalue weighted by Crippen LogP contribution is -2.27. The van der Waals surface area contributed by atoms with E-state index < -0.39 is 22.4 Å². The van der Waals surface area contributed by atoms with E-state index in [2.05, 4.69) is 5.32 Å². The molecule has 0 bridgehead atoms. The number of benzene rings is 1. The molecule has 0 saturated carbocycles. The van der Waals surface area contributed by atoms with E-state index in [4.69, 9.17) is 0 Å². The number of likely N-dealkylation sites (N-methyl/N-ethyl adjacent to an activating group) is 1. The molecule has 0 fully saturated rings. The Morgan fingerprint density at radius 3 is 2.53 bits per heavy atom. The van der Waals surface area contributed by atoms with Crippen LogP contribution in [0.5, 0.6) is 0 Å². The van der Waals surface area contributed by atoms with Crippen molar-refractivity contribution in [3.63, 3.8) is 0 Å². The molecule has 0 spiro atoms. The number of nitrogens with one attached hydrogen (secondary N) is 1. The molecule has 1 aromatic carbocycles. The van der Waals surface area contributed by atoms with E-state index in [-0.39, 0.29) is 6.04 Å². The van der Waals surface area contributed by atoms with Gasteiger partial charge in [-0.05, 0) is 26.0 Å². The standard InChI is InChI=1S/C12H15F3N2O2/c1-3-16-8(2)6-9-4-5-10(12(13,14)15)7-11(9)17(18)19/h4-5,7-8,16H,3,6H2,1-2H3. The summed E-state index contributed by atoms with van der Waals surface area (Å²) in [6, 6.07) is 2.60. The summed E-state index contributed by atoms with van der Waals surface area (Å²) in [4.78, 5) is 10.1. The molecular weight excluding hydrogens is 261 g/mol. The summed E-state index contributed by atoms with van der Waals surface area (Å²) >= 11 is 0. The minimum atomic E-state index is -4.57. The minimum absolute atomic E-state index is 0.0413. The maximum absolute atomic E-state index is 12.5. The van der Waals surface area contributed by atoms with Crippen molar-refractivity contribution >= 4 is 5.69 Å². The number of alkyl halides is 3. The Morgan fingerprint density at radius 1 is 1.42 bits per heavy atom. The van der Waals surface area contributed by atoms with Gasteiger partial charge in [0.2, 0.25) is 0 Å². The molecule has 0 aliphatic carbocycles. The minimum Gasteiger partial charge on any atom is -0.314 e. The molecule has 0 aliphatic rings. The second kappa shape index (κ2) is 6.01. The molecular formula is C12H15F3N2O2. The topological polar surface area (TPSA) is 55.2 Å². The molecule has 0 amide bonds. The van der Waals surface area contributed by atoms with Crippen LogP contribution in [0.3, 0.4) is 0 Å². The van der Waals surface area contributed by atoms with Gasteiger partial charge in [-0.25, -0.2) is 0 Å². The zero-order valence-corrected chi connectivity index (χ0v) is 10.6. The fourth-order valence-electron chi connectivity index (χ4n) is 1.83. The van der Waals surface area contributed by atoms with Crippen LogP contribution in [0.1, 0.15) is 25.0 Å². The second-order valence-electron chi connectivity index (χ2n) is 4.26. The Kier molecular flexibility index (Phi) is 4.88. The van der Waals surface area contributed by atoms with Gasteiger partial charge in [0.1, 0.15) is 0 Å². The highest BCUT2D eigenvalue weighted by Crippen LogP contribution is 2.33. The van der Waals surface area contributed by atoms with Gasteiger partial charge in [-0.2, -0.15) is 13.2 Å². The summed E-state index contributed by atoms with van der Waals surface area (Å²) in [5.74, 6) is 0. The number of nitrogens with zero attached hydrogens (tertiary/aromatic N) is 1. The highest BCUT2D eigenvalue weighted by atomic mass is 19.4. The van der Waals surface area contributed by atoms with Gasteiger partial charge in [-0.15, -0.1) is 0 Å². The summed E-state index contributed by atoms with van der Waals surface area (Å²) in [5, 5.41) is 13.9. The Morgan fingerprint density at radius 2 is 2.05 bits per heavy atom. The molecule has 1 unspecified atom stereocenters. The van der Waals surface area contributed by atoms with Crippen LogP contribution in [0, 0.1) is 10.1 Å². The molecule has 1 aromatic rings. The van der Waals surface area contributed by atoms with Gasteiger partial charge in [0.25, 0.3) is 5.69 Å². The monoisotopic (exact) mass is 276 g/mol. The molecule has 1 N–H and O–H groups in total. The molecule has 19 heavy (non-hydrogen) atoms. The third kappa shape index (κ3) is 4.20. The Hall–Kier alpha value is -1.63. The van der Waals surface area contributed by atoms with Crippen LogP contribution in [0.15, 0.2) is 18.2 Å². The normalized spacial score (nSPS) is 13.3. The highest BCUT2D eigenvalue weighted by Gasteiger charge is 2.33. The molecule has 0 heterocycles. The van der Waals surface area contributed by atoms with Crippen molar-refractivity contribution in [3.05, 3.63) is 39.4 Å². The lowest BCUT2D eigenvalue weighted by molar-refractivity contribution is -0.385. The first-order valence-electron chi connectivity index (χ1n) is 5.83. The van der Waals surface area contributed by atoms with Gasteiger partial charge < -0.3 is 5.32 Å². The number of hydrogen-bond acceptors (Lipinski definition) is 3. The number of halogens is 3. The maximum atomic E-state index is 12.5. The van der Waals surface area contributed by atoms with E-state index in [1.54, 1.807) is 0 Å². The van der Waals surface area contributed by atoms with Gasteiger partial charge in [0.05, 0.1) is 10.5 Å². The predicted molar refractivity (Wildman–Crippen MR) is 64.9 cm³/mol. The summed E-state index contributed by atoms with van der Waals surface area (Å²) in [6.45, 7) is 4.40. The van der Waals surface area contributed by atoms with Crippen molar-refractivity contribution < 1.29 is 18.1 Å². The van der Waals surface area contributed by atoms with E-state index in [1.807, 2.05) is 13.8 Å². The highest BCUT2D eigenvalue weighted by molar-refractivity contribution is 5.44. The zero-order chi connectivity index (χ0) is 14.6. The number of nitro benzene ring substituents is 1. The average Bonchev–Trinajstić information content (AvgIpc) is 2.27. The molecule has 106 valence electrons. The smallest absolute Gasteiger partial charge is 0.314 e. The fourth-order valence-corrected chi connectivity index (χ4v) is 1.83. The van der Waals surface area contributed by atoms with Gasteiger partial charge in [-0.1, -0.05) is 13.0 Å². The summed E-state index contributed by atoms with van der Waals surface area (Å²) < 4.78 is 37.5. The van der Waals surface area contributed by atoms with E-state index in [0.717, 1.165) is 6.07 Å². The van der Waals surface area contributed by atoms with Crippen LogP contribution >= 0.6 is 0 Å². The summed E-state index contributed by atoms with van der Waals surface area (Å²) in [6.07, 6.45) is -4.27. The van der Waals surface area contributed by atoms with Crippen LogP contribution in [0.25, 0.3) is 0 Å². The lowest BCUT2D eigenvalue weighted by atomic mass is 10.0. The van der Waals surface area contributed by atoms with Crippen LogP contribution in [-0.2, 0) is 12.6 Å². The van der Waals surface area contributed by atoms with Gasteiger partial charge in [-0.3, -0.25) is 10.1 Å². The number of hydrogen-bond donors (Lipinski definition) is 1. The summed E-state index contributed by atoms with van der Waals surface area (Å²) in [7, 11) is 0. The Bertz CT molecular complexity index is 461. The first-order chi connectivity index (χ1) is 8.75. The summed E-state index contributed by atoms with van der Waals surface area (Å²) in [5.41, 5.74) is -1.19. The molecule has 1 atom stereocenters.